The van der Waals surface area contributed by atoms with Gasteiger partial charge in [-0.3, -0.25) is 14.7 Å². The van der Waals surface area contributed by atoms with Crippen molar-refractivity contribution < 1.29 is 14.3 Å². The first-order chi connectivity index (χ1) is 16.7. The average molecular weight is 468 g/mol. The zero-order valence-corrected chi connectivity index (χ0v) is 19.2. The highest BCUT2D eigenvalue weighted by Crippen LogP contribution is 2.34. The van der Waals surface area contributed by atoms with Crippen LogP contribution in [0.4, 0.5) is 5.13 Å². The molecule has 2 aromatic heterocycles. The van der Waals surface area contributed by atoms with E-state index in [1.165, 1.54) is 11.3 Å². The van der Waals surface area contributed by atoms with E-state index >= 15 is 0 Å². The highest BCUT2D eigenvalue weighted by atomic mass is 32.1. The minimum atomic E-state index is -0.219. The standard InChI is InChI=1S/C27H21N3O3S/c1-32-21-14-15-23-25(17-21)34-27(29-23)30(18-19-9-7-8-16-28-19)26(31)22-12-5-6-13-24(22)33-20-10-3-2-4-11-20/h2-17H,18H2,1H3. The van der Waals surface area contributed by atoms with Gasteiger partial charge in [0.15, 0.2) is 5.13 Å². The van der Waals surface area contributed by atoms with Crippen molar-refractivity contribution in [1.29, 1.82) is 0 Å². The Kier molecular flexibility index (Phi) is 6.18. The van der Waals surface area contributed by atoms with Gasteiger partial charge in [-0.05, 0) is 54.6 Å². The molecule has 0 saturated heterocycles. The summed E-state index contributed by atoms with van der Waals surface area (Å²) in [6.45, 7) is 0.274. The molecule has 5 rings (SSSR count). The van der Waals surface area contributed by atoms with Crippen molar-refractivity contribution in [3.8, 4) is 17.2 Å². The summed E-state index contributed by atoms with van der Waals surface area (Å²) in [5, 5.41) is 0.577. The van der Waals surface area contributed by atoms with E-state index in [0.29, 0.717) is 22.2 Å². The lowest BCUT2D eigenvalue weighted by molar-refractivity contribution is 0.0982. The van der Waals surface area contributed by atoms with Crippen molar-refractivity contribution in [2.45, 2.75) is 6.54 Å². The number of para-hydroxylation sites is 2. The first kappa shape index (κ1) is 21.6. The van der Waals surface area contributed by atoms with E-state index in [1.807, 2.05) is 78.9 Å². The lowest BCUT2D eigenvalue weighted by atomic mass is 10.1. The third-order valence-corrected chi connectivity index (χ3v) is 6.24. The molecule has 0 aliphatic heterocycles. The second kappa shape index (κ2) is 9.72. The monoisotopic (exact) mass is 467 g/mol. The van der Waals surface area contributed by atoms with Crippen LogP contribution in [-0.2, 0) is 6.54 Å². The number of carbonyl (C=O) groups is 1. The van der Waals surface area contributed by atoms with Crippen LogP contribution in [0.1, 0.15) is 16.1 Å². The van der Waals surface area contributed by atoms with Crippen LogP contribution in [0.25, 0.3) is 10.2 Å². The van der Waals surface area contributed by atoms with Gasteiger partial charge in [0, 0.05) is 6.20 Å². The van der Waals surface area contributed by atoms with Crippen molar-refractivity contribution in [2.24, 2.45) is 0 Å². The van der Waals surface area contributed by atoms with Gasteiger partial charge in [0.05, 0.1) is 35.1 Å². The number of hydrogen-bond acceptors (Lipinski definition) is 6. The van der Waals surface area contributed by atoms with Crippen LogP contribution < -0.4 is 14.4 Å². The number of amides is 1. The molecule has 2 heterocycles. The summed E-state index contributed by atoms with van der Waals surface area (Å²) < 4.78 is 12.3. The van der Waals surface area contributed by atoms with Gasteiger partial charge in [-0.15, -0.1) is 0 Å². The first-order valence-corrected chi connectivity index (χ1v) is 11.5. The molecule has 34 heavy (non-hydrogen) atoms. The molecule has 3 aromatic carbocycles. The Morgan fingerprint density at radius 1 is 0.912 bits per heavy atom. The van der Waals surface area contributed by atoms with Gasteiger partial charge in [0.2, 0.25) is 0 Å². The number of thiazole rings is 1. The average Bonchev–Trinajstić information content (AvgIpc) is 3.31. The maximum atomic E-state index is 13.9. The number of benzene rings is 3. The summed E-state index contributed by atoms with van der Waals surface area (Å²) in [4.78, 5) is 24.7. The number of pyridine rings is 1. The molecule has 7 heteroatoms. The van der Waals surface area contributed by atoms with Crippen LogP contribution in [0.2, 0.25) is 0 Å². The van der Waals surface area contributed by atoms with E-state index in [4.69, 9.17) is 14.5 Å². The lowest BCUT2D eigenvalue weighted by Gasteiger charge is -2.21. The second-order valence-electron chi connectivity index (χ2n) is 7.45. The van der Waals surface area contributed by atoms with E-state index in [-0.39, 0.29) is 12.5 Å². The lowest BCUT2D eigenvalue weighted by Crippen LogP contribution is -2.31. The van der Waals surface area contributed by atoms with Crippen molar-refractivity contribution in [3.05, 3.63) is 108 Å². The number of ether oxygens (including phenoxy) is 2. The molecular formula is C27H21N3O3S. The normalized spacial score (nSPS) is 10.7. The number of anilines is 1. The summed E-state index contributed by atoms with van der Waals surface area (Å²) in [5.41, 5.74) is 2.00. The molecule has 0 fully saturated rings. The summed E-state index contributed by atoms with van der Waals surface area (Å²) in [6.07, 6.45) is 1.72. The molecule has 0 N–H and O–H groups in total. The van der Waals surface area contributed by atoms with Gasteiger partial charge in [0.1, 0.15) is 17.2 Å². The Balaban J connectivity index is 1.55. The Labute approximate surface area is 201 Å². The minimum absolute atomic E-state index is 0.219. The fourth-order valence-electron chi connectivity index (χ4n) is 3.51. The van der Waals surface area contributed by atoms with Crippen LogP contribution in [0.15, 0.2) is 97.2 Å². The maximum absolute atomic E-state index is 13.9. The van der Waals surface area contributed by atoms with Crippen molar-refractivity contribution in [3.63, 3.8) is 0 Å². The van der Waals surface area contributed by atoms with Gasteiger partial charge < -0.3 is 9.47 Å². The summed E-state index contributed by atoms with van der Waals surface area (Å²) in [5.74, 6) is 1.66. The predicted molar refractivity (Wildman–Crippen MR) is 134 cm³/mol. The minimum Gasteiger partial charge on any atom is -0.497 e. The fourth-order valence-corrected chi connectivity index (χ4v) is 4.50. The highest BCUT2D eigenvalue weighted by Gasteiger charge is 2.25. The van der Waals surface area contributed by atoms with Crippen molar-refractivity contribution in [1.82, 2.24) is 9.97 Å². The van der Waals surface area contributed by atoms with Gasteiger partial charge in [-0.25, -0.2) is 4.98 Å². The van der Waals surface area contributed by atoms with Gasteiger partial charge >= 0.3 is 0 Å². The van der Waals surface area contributed by atoms with E-state index in [1.54, 1.807) is 30.3 Å². The van der Waals surface area contributed by atoms with Crippen LogP contribution in [0.5, 0.6) is 17.2 Å². The van der Waals surface area contributed by atoms with E-state index in [0.717, 1.165) is 21.7 Å². The highest BCUT2D eigenvalue weighted by molar-refractivity contribution is 7.22. The molecule has 0 atom stereocenters. The third kappa shape index (κ3) is 4.60. The fraction of sp³-hybridized carbons (Fsp3) is 0.0741. The Morgan fingerprint density at radius 2 is 1.71 bits per heavy atom. The number of methoxy groups -OCH3 is 1. The molecule has 1 amide bonds. The smallest absolute Gasteiger partial charge is 0.264 e. The van der Waals surface area contributed by atoms with Gasteiger partial charge in [-0.1, -0.05) is 47.7 Å². The molecule has 6 nitrogen and oxygen atoms in total. The van der Waals surface area contributed by atoms with E-state index in [2.05, 4.69) is 4.98 Å². The Hall–Kier alpha value is -4.23. The second-order valence-corrected chi connectivity index (χ2v) is 8.46. The Bertz CT molecular complexity index is 1420. The largest absolute Gasteiger partial charge is 0.497 e. The molecule has 0 saturated carbocycles. The molecule has 0 aliphatic carbocycles. The van der Waals surface area contributed by atoms with Crippen LogP contribution >= 0.6 is 11.3 Å². The van der Waals surface area contributed by atoms with Gasteiger partial charge in [-0.2, -0.15) is 0 Å². The molecule has 5 aromatic rings. The number of rotatable bonds is 7. The van der Waals surface area contributed by atoms with Crippen LogP contribution in [0, 0.1) is 0 Å². The zero-order chi connectivity index (χ0) is 23.3. The predicted octanol–water partition coefficient (Wildman–Crippen LogP) is 6.34. The van der Waals surface area contributed by atoms with Gasteiger partial charge in [0.25, 0.3) is 5.91 Å². The number of aromatic nitrogens is 2. The van der Waals surface area contributed by atoms with Crippen molar-refractivity contribution >= 4 is 32.6 Å². The first-order valence-electron chi connectivity index (χ1n) is 10.7. The molecule has 0 bridgehead atoms. The molecule has 0 unspecified atom stereocenters. The number of fused-ring (bicyclic) bond motifs is 1. The molecule has 0 spiro atoms. The van der Waals surface area contributed by atoms with Crippen LogP contribution in [0.3, 0.4) is 0 Å². The topological polar surface area (TPSA) is 64.5 Å². The Morgan fingerprint density at radius 3 is 2.50 bits per heavy atom. The molecular weight excluding hydrogens is 446 g/mol. The number of carbonyl (C=O) groups excluding carboxylic acids is 1. The number of hydrogen-bond donors (Lipinski definition) is 0. The van der Waals surface area contributed by atoms with E-state index in [9.17, 15) is 4.79 Å². The van der Waals surface area contributed by atoms with Crippen molar-refractivity contribution in [2.75, 3.05) is 12.0 Å². The summed E-state index contributed by atoms with van der Waals surface area (Å²) >= 11 is 1.43. The SMILES string of the molecule is COc1ccc2nc(N(Cc3ccccn3)C(=O)c3ccccc3Oc3ccccc3)sc2c1. The third-order valence-electron chi connectivity index (χ3n) is 5.20. The number of nitrogens with zero attached hydrogens (tertiary/aromatic N) is 3. The zero-order valence-electron chi connectivity index (χ0n) is 18.4. The molecule has 0 aliphatic rings. The summed E-state index contributed by atoms with van der Waals surface area (Å²) in [6, 6.07) is 28.0. The quantitative estimate of drug-likeness (QED) is 0.279. The molecule has 0 radical (unpaired) electrons. The maximum Gasteiger partial charge on any atom is 0.264 e. The summed E-state index contributed by atoms with van der Waals surface area (Å²) in [7, 11) is 1.63. The van der Waals surface area contributed by atoms with Crippen LogP contribution in [-0.4, -0.2) is 23.0 Å². The van der Waals surface area contributed by atoms with E-state index < -0.39 is 0 Å². The molecule has 168 valence electrons.